The average Bonchev–Trinajstić information content (AvgIpc) is 2.90. The smallest absolute Gasteiger partial charge is 0.280 e. The first-order chi connectivity index (χ1) is 12.1. The Morgan fingerprint density at radius 2 is 2.00 bits per heavy atom. The van der Waals surface area contributed by atoms with E-state index in [1.165, 1.54) is 5.01 Å². The third-order valence-corrected chi connectivity index (χ3v) is 3.93. The molecule has 0 aliphatic carbocycles. The van der Waals surface area contributed by atoms with Crippen molar-refractivity contribution in [2.45, 2.75) is 6.92 Å². The Hall–Kier alpha value is -2.85. The fourth-order valence-electron chi connectivity index (χ4n) is 2.50. The fourth-order valence-corrected chi connectivity index (χ4v) is 2.68. The summed E-state index contributed by atoms with van der Waals surface area (Å²) >= 11 is 6.10. The summed E-state index contributed by atoms with van der Waals surface area (Å²) in [4.78, 5) is 12.8. The maximum atomic E-state index is 12.8. The Bertz CT molecular complexity index is 873. The topological polar surface area (TPSA) is 41.9 Å². The lowest BCUT2D eigenvalue weighted by Crippen LogP contribution is -2.21. The number of carbonyl (C=O) groups is 1. The molecule has 5 heteroatoms. The zero-order valence-electron chi connectivity index (χ0n) is 13.8. The van der Waals surface area contributed by atoms with Crippen LogP contribution in [0.1, 0.15) is 12.5 Å². The van der Waals surface area contributed by atoms with Crippen molar-refractivity contribution in [3.05, 3.63) is 77.3 Å². The standard InChI is InChI=1S/C20H17ClN2O2/c1-3-11-25-19-10-9-16(21)12-15(19)13-18-14(2)22-23(20(18)24)17-7-5-4-6-8-17/h3-10,12-13H,1,11H2,2H3/b18-13+. The lowest BCUT2D eigenvalue weighted by atomic mass is 10.1. The van der Waals surface area contributed by atoms with Crippen molar-refractivity contribution in [1.29, 1.82) is 0 Å². The summed E-state index contributed by atoms with van der Waals surface area (Å²) in [7, 11) is 0. The first-order valence-electron chi connectivity index (χ1n) is 7.80. The molecule has 4 nitrogen and oxygen atoms in total. The molecule has 0 saturated heterocycles. The second-order valence-electron chi connectivity index (χ2n) is 5.48. The number of carbonyl (C=O) groups excluding carboxylic acids is 1. The number of para-hydroxylation sites is 1. The van der Waals surface area contributed by atoms with Crippen molar-refractivity contribution in [2.24, 2.45) is 5.10 Å². The van der Waals surface area contributed by atoms with Gasteiger partial charge in [-0.3, -0.25) is 4.79 Å². The van der Waals surface area contributed by atoms with Gasteiger partial charge in [-0.2, -0.15) is 10.1 Å². The predicted molar refractivity (Wildman–Crippen MR) is 102 cm³/mol. The number of halogens is 1. The lowest BCUT2D eigenvalue weighted by molar-refractivity contribution is -0.114. The number of nitrogens with zero attached hydrogens (tertiary/aromatic N) is 2. The van der Waals surface area contributed by atoms with Crippen molar-refractivity contribution in [1.82, 2.24) is 0 Å². The molecule has 0 radical (unpaired) electrons. The monoisotopic (exact) mass is 352 g/mol. The van der Waals surface area contributed by atoms with Gasteiger partial charge in [0.1, 0.15) is 12.4 Å². The van der Waals surface area contributed by atoms with Gasteiger partial charge in [0, 0.05) is 10.6 Å². The Balaban J connectivity index is 1.97. The van der Waals surface area contributed by atoms with Crippen molar-refractivity contribution in [3.8, 4) is 5.75 Å². The van der Waals surface area contributed by atoms with Crippen molar-refractivity contribution in [3.63, 3.8) is 0 Å². The van der Waals surface area contributed by atoms with Gasteiger partial charge in [-0.15, -0.1) is 0 Å². The third-order valence-electron chi connectivity index (χ3n) is 3.69. The molecule has 2 aromatic rings. The highest BCUT2D eigenvalue weighted by atomic mass is 35.5. The quantitative estimate of drug-likeness (QED) is 0.577. The second kappa shape index (κ2) is 7.36. The maximum Gasteiger partial charge on any atom is 0.280 e. The average molecular weight is 353 g/mol. The molecule has 0 unspecified atom stereocenters. The van der Waals surface area contributed by atoms with Crippen LogP contribution in [0.15, 0.2) is 71.9 Å². The van der Waals surface area contributed by atoms with Crippen LogP contribution in [0.3, 0.4) is 0 Å². The fraction of sp³-hybridized carbons (Fsp3) is 0.100. The highest BCUT2D eigenvalue weighted by molar-refractivity contribution is 6.33. The zero-order valence-corrected chi connectivity index (χ0v) is 14.5. The molecule has 0 N–H and O–H groups in total. The molecule has 2 aromatic carbocycles. The Morgan fingerprint density at radius 1 is 1.24 bits per heavy atom. The number of hydrazone groups is 1. The minimum atomic E-state index is -0.182. The maximum absolute atomic E-state index is 12.8. The minimum absolute atomic E-state index is 0.182. The van der Waals surface area contributed by atoms with Gasteiger partial charge in [-0.05, 0) is 43.3 Å². The number of benzene rings is 2. The van der Waals surface area contributed by atoms with E-state index in [2.05, 4.69) is 11.7 Å². The predicted octanol–water partition coefficient (Wildman–Crippen LogP) is 4.71. The van der Waals surface area contributed by atoms with Crippen LogP contribution in [0.2, 0.25) is 5.02 Å². The van der Waals surface area contributed by atoms with E-state index >= 15 is 0 Å². The van der Waals surface area contributed by atoms with E-state index in [-0.39, 0.29) is 5.91 Å². The number of amides is 1. The molecule has 1 amide bonds. The van der Waals surface area contributed by atoms with E-state index in [0.29, 0.717) is 28.7 Å². The van der Waals surface area contributed by atoms with E-state index in [9.17, 15) is 4.79 Å². The van der Waals surface area contributed by atoms with E-state index in [0.717, 1.165) is 11.3 Å². The SMILES string of the molecule is C=CCOc1ccc(Cl)cc1/C=C1/C(=O)N(c2ccccc2)N=C1C. The van der Waals surface area contributed by atoms with Crippen LogP contribution in [0, 0.1) is 0 Å². The Labute approximate surface area is 151 Å². The summed E-state index contributed by atoms with van der Waals surface area (Å²) in [5.74, 6) is 0.453. The van der Waals surface area contributed by atoms with Crippen molar-refractivity contribution < 1.29 is 9.53 Å². The van der Waals surface area contributed by atoms with Gasteiger partial charge in [-0.1, -0.05) is 42.5 Å². The van der Waals surface area contributed by atoms with E-state index in [4.69, 9.17) is 16.3 Å². The van der Waals surface area contributed by atoms with E-state index < -0.39 is 0 Å². The third kappa shape index (κ3) is 3.64. The largest absolute Gasteiger partial charge is 0.489 e. The molecular weight excluding hydrogens is 336 g/mol. The lowest BCUT2D eigenvalue weighted by Gasteiger charge is -2.11. The number of anilines is 1. The molecule has 0 fully saturated rings. The molecule has 0 atom stereocenters. The summed E-state index contributed by atoms with van der Waals surface area (Å²) in [6, 6.07) is 14.6. The minimum Gasteiger partial charge on any atom is -0.489 e. The van der Waals surface area contributed by atoms with Gasteiger partial charge >= 0.3 is 0 Å². The molecule has 126 valence electrons. The molecule has 1 aliphatic heterocycles. The number of rotatable bonds is 5. The van der Waals surface area contributed by atoms with Crippen molar-refractivity contribution in [2.75, 3.05) is 11.6 Å². The summed E-state index contributed by atoms with van der Waals surface area (Å²) in [6.45, 7) is 5.82. The highest BCUT2D eigenvalue weighted by Gasteiger charge is 2.28. The van der Waals surface area contributed by atoms with Crippen LogP contribution in [-0.2, 0) is 4.79 Å². The molecule has 0 saturated carbocycles. The van der Waals surface area contributed by atoms with Gasteiger partial charge in [-0.25, -0.2) is 0 Å². The molecular formula is C20H17ClN2O2. The highest BCUT2D eigenvalue weighted by Crippen LogP contribution is 2.29. The zero-order chi connectivity index (χ0) is 17.8. The Morgan fingerprint density at radius 3 is 2.72 bits per heavy atom. The number of hydrogen-bond acceptors (Lipinski definition) is 3. The Kier molecular flexibility index (Phi) is 5.00. The summed E-state index contributed by atoms with van der Waals surface area (Å²) in [5.41, 5.74) is 2.60. The summed E-state index contributed by atoms with van der Waals surface area (Å²) in [5, 5.41) is 6.34. The molecule has 0 bridgehead atoms. The van der Waals surface area contributed by atoms with Crippen LogP contribution >= 0.6 is 11.6 Å². The van der Waals surface area contributed by atoms with Crippen LogP contribution in [0.4, 0.5) is 5.69 Å². The molecule has 1 heterocycles. The first kappa shape index (κ1) is 17.0. The van der Waals surface area contributed by atoms with Gasteiger partial charge in [0.05, 0.1) is 17.0 Å². The summed E-state index contributed by atoms with van der Waals surface area (Å²) in [6.07, 6.45) is 3.42. The second-order valence-corrected chi connectivity index (χ2v) is 5.91. The summed E-state index contributed by atoms with van der Waals surface area (Å²) < 4.78 is 5.65. The molecule has 1 aliphatic rings. The van der Waals surface area contributed by atoms with Gasteiger partial charge in [0.25, 0.3) is 5.91 Å². The van der Waals surface area contributed by atoms with Gasteiger partial charge in [0.15, 0.2) is 0 Å². The number of hydrogen-bond donors (Lipinski definition) is 0. The molecule has 3 rings (SSSR count). The van der Waals surface area contributed by atoms with E-state index in [1.54, 1.807) is 30.4 Å². The van der Waals surface area contributed by atoms with Crippen LogP contribution in [0.25, 0.3) is 6.08 Å². The van der Waals surface area contributed by atoms with Gasteiger partial charge < -0.3 is 4.74 Å². The number of ether oxygens (including phenoxy) is 1. The van der Waals surface area contributed by atoms with Crippen LogP contribution < -0.4 is 9.75 Å². The molecule has 25 heavy (non-hydrogen) atoms. The van der Waals surface area contributed by atoms with Gasteiger partial charge in [0.2, 0.25) is 0 Å². The molecule has 0 spiro atoms. The first-order valence-corrected chi connectivity index (χ1v) is 8.18. The van der Waals surface area contributed by atoms with Crippen LogP contribution in [0.5, 0.6) is 5.75 Å². The van der Waals surface area contributed by atoms with Crippen LogP contribution in [-0.4, -0.2) is 18.2 Å². The normalized spacial score (nSPS) is 15.4. The van der Waals surface area contributed by atoms with E-state index in [1.807, 2.05) is 37.3 Å². The molecule has 0 aromatic heterocycles. The van der Waals surface area contributed by atoms with Crippen molar-refractivity contribution >= 4 is 35.0 Å².